The minimum Gasteiger partial charge on any atom is -0.349 e. The van der Waals surface area contributed by atoms with E-state index < -0.39 is 0 Å². The molecule has 3 aromatic rings. The number of piperidine rings is 1. The summed E-state index contributed by atoms with van der Waals surface area (Å²) in [6.07, 6.45) is 7.47. The van der Waals surface area contributed by atoms with E-state index in [0.717, 1.165) is 51.9 Å². The van der Waals surface area contributed by atoms with Gasteiger partial charge in [0.25, 0.3) is 0 Å². The van der Waals surface area contributed by atoms with Crippen LogP contribution in [0.25, 0.3) is 0 Å². The van der Waals surface area contributed by atoms with Gasteiger partial charge in [-0.3, -0.25) is 9.48 Å². The molecule has 1 saturated carbocycles. The third-order valence-corrected chi connectivity index (χ3v) is 8.12. The van der Waals surface area contributed by atoms with Gasteiger partial charge in [-0.25, -0.2) is 0 Å². The minimum atomic E-state index is 0.0964. The molecule has 1 amide bonds. The predicted molar refractivity (Wildman–Crippen MR) is 145 cm³/mol. The smallest absolute Gasteiger partial charge is 0.223 e. The van der Waals surface area contributed by atoms with Crippen molar-refractivity contribution in [2.45, 2.75) is 70.4 Å². The maximum Gasteiger partial charge on any atom is 0.223 e. The van der Waals surface area contributed by atoms with Gasteiger partial charge in [0.05, 0.1) is 11.7 Å². The Morgan fingerprint density at radius 2 is 1.69 bits per heavy atom. The Kier molecular flexibility index (Phi) is 8.17. The van der Waals surface area contributed by atoms with Gasteiger partial charge in [-0.15, -0.1) is 0 Å². The van der Waals surface area contributed by atoms with Crippen LogP contribution in [-0.2, 0) is 17.8 Å². The van der Waals surface area contributed by atoms with Crippen molar-refractivity contribution in [3.63, 3.8) is 0 Å². The number of rotatable bonds is 10. The number of benzene rings is 2. The maximum absolute atomic E-state index is 12.7. The van der Waals surface area contributed by atoms with E-state index in [1.807, 2.05) is 6.07 Å². The molecule has 0 radical (unpaired) electrons. The number of nitrogens with one attached hydrogen (secondary N) is 1. The molecule has 2 heterocycles. The van der Waals surface area contributed by atoms with Gasteiger partial charge in [-0.2, -0.15) is 5.10 Å². The lowest BCUT2D eigenvalue weighted by molar-refractivity contribution is -0.128. The molecule has 0 bridgehead atoms. The molecule has 1 aliphatic heterocycles. The number of hydrogen-bond acceptors (Lipinski definition) is 3. The normalized spacial score (nSPS) is 18.0. The van der Waals surface area contributed by atoms with Gasteiger partial charge in [-0.05, 0) is 69.3 Å². The summed E-state index contributed by atoms with van der Waals surface area (Å²) < 4.78 is 2.22. The van der Waals surface area contributed by atoms with Crippen molar-refractivity contribution in [1.29, 1.82) is 0 Å². The van der Waals surface area contributed by atoms with Crippen LogP contribution in [0.2, 0.25) is 0 Å². The second-order valence-corrected chi connectivity index (χ2v) is 10.5. The Labute approximate surface area is 215 Å². The van der Waals surface area contributed by atoms with Crippen molar-refractivity contribution in [3.05, 3.63) is 89.2 Å². The van der Waals surface area contributed by atoms with Gasteiger partial charge in [-0.1, -0.05) is 67.1 Å². The lowest BCUT2D eigenvalue weighted by Crippen LogP contribution is -2.39. The van der Waals surface area contributed by atoms with E-state index >= 15 is 0 Å². The number of aromatic nitrogens is 2. The van der Waals surface area contributed by atoms with Crippen LogP contribution in [0.4, 0.5) is 0 Å². The highest BCUT2D eigenvalue weighted by atomic mass is 16.2. The molecule has 1 aromatic heterocycles. The quantitative estimate of drug-likeness (QED) is 0.400. The molecule has 2 fully saturated rings. The Hall–Kier alpha value is -2.92. The first-order valence-electron chi connectivity index (χ1n) is 13.9. The van der Waals surface area contributed by atoms with Crippen LogP contribution in [0.15, 0.2) is 66.7 Å². The molecule has 5 heteroatoms. The van der Waals surface area contributed by atoms with Crippen molar-refractivity contribution < 1.29 is 4.79 Å². The zero-order valence-corrected chi connectivity index (χ0v) is 21.6. The molecule has 1 N–H and O–H groups in total. The summed E-state index contributed by atoms with van der Waals surface area (Å²) in [5, 5.41) is 8.30. The molecular weight excluding hydrogens is 444 g/mol. The fourth-order valence-corrected chi connectivity index (χ4v) is 5.69. The van der Waals surface area contributed by atoms with Gasteiger partial charge >= 0.3 is 0 Å². The van der Waals surface area contributed by atoms with E-state index in [1.165, 1.54) is 41.8 Å². The first kappa shape index (κ1) is 24.8. The van der Waals surface area contributed by atoms with Crippen LogP contribution in [-0.4, -0.2) is 40.2 Å². The van der Waals surface area contributed by atoms with Gasteiger partial charge < -0.3 is 10.2 Å². The number of likely N-dealkylation sites (tertiary alicyclic amines) is 1. The number of amides is 1. The molecule has 5 rings (SSSR count). The van der Waals surface area contributed by atoms with E-state index in [-0.39, 0.29) is 17.9 Å². The van der Waals surface area contributed by atoms with Gasteiger partial charge in [0.2, 0.25) is 5.91 Å². The molecule has 1 aliphatic carbocycles. The van der Waals surface area contributed by atoms with Crippen molar-refractivity contribution in [2.75, 3.05) is 19.6 Å². The number of aryl methyl sites for hydroxylation is 1. The summed E-state index contributed by atoms with van der Waals surface area (Å²) in [7, 11) is 0. The number of carbonyl (C=O) groups is 1. The SMILES string of the molecule is CCn1nc(Cc2ccccc2)cc1C1CCN(CCC(NC(=O)C2CCC2)c2ccccc2)CC1. The van der Waals surface area contributed by atoms with Crippen LogP contribution in [0.1, 0.15) is 79.9 Å². The van der Waals surface area contributed by atoms with Crippen LogP contribution < -0.4 is 5.32 Å². The van der Waals surface area contributed by atoms with Gasteiger partial charge in [0, 0.05) is 37.0 Å². The van der Waals surface area contributed by atoms with Crippen LogP contribution in [0.5, 0.6) is 0 Å². The summed E-state index contributed by atoms with van der Waals surface area (Å²) in [4.78, 5) is 15.3. The molecule has 1 atom stereocenters. The second-order valence-electron chi connectivity index (χ2n) is 10.5. The average molecular weight is 485 g/mol. The van der Waals surface area contributed by atoms with E-state index in [4.69, 9.17) is 5.10 Å². The first-order valence-corrected chi connectivity index (χ1v) is 13.9. The van der Waals surface area contributed by atoms with Crippen molar-refractivity contribution in [1.82, 2.24) is 20.0 Å². The first-order chi connectivity index (χ1) is 17.7. The molecule has 36 heavy (non-hydrogen) atoms. The molecule has 1 saturated heterocycles. The molecule has 2 aromatic carbocycles. The second kappa shape index (κ2) is 11.9. The predicted octanol–water partition coefficient (Wildman–Crippen LogP) is 5.72. The van der Waals surface area contributed by atoms with E-state index in [9.17, 15) is 4.79 Å². The van der Waals surface area contributed by atoms with Crippen LogP contribution in [0.3, 0.4) is 0 Å². The van der Waals surface area contributed by atoms with E-state index in [1.54, 1.807) is 0 Å². The summed E-state index contributed by atoms with van der Waals surface area (Å²) in [5.41, 5.74) is 5.11. The molecule has 5 nitrogen and oxygen atoms in total. The van der Waals surface area contributed by atoms with Crippen molar-refractivity contribution in [3.8, 4) is 0 Å². The summed E-state index contributed by atoms with van der Waals surface area (Å²) in [6, 6.07) is 23.6. The third-order valence-electron chi connectivity index (χ3n) is 8.12. The summed E-state index contributed by atoms with van der Waals surface area (Å²) in [5.74, 6) is 1.04. The van der Waals surface area contributed by atoms with Gasteiger partial charge in [0.1, 0.15) is 0 Å². The Morgan fingerprint density at radius 1 is 1.00 bits per heavy atom. The minimum absolute atomic E-state index is 0.0964. The van der Waals surface area contributed by atoms with Gasteiger partial charge in [0.15, 0.2) is 0 Å². The highest BCUT2D eigenvalue weighted by molar-refractivity contribution is 5.79. The lowest BCUT2D eigenvalue weighted by atomic mass is 9.84. The molecule has 1 unspecified atom stereocenters. The standard InChI is InChI=1S/C31H40N4O/c1-2-35-30(23-28(33-35)22-24-10-5-3-6-11-24)26-16-19-34(20-17-26)21-18-29(25-12-7-4-8-13-25)32-31(36)27-14-9-15-27/h3-8,10-13,23,26-27,29H,2,9,14-22H2,1H3,(H,32,36). The summed E-state index contributed by atoms with van der Waals surface area (Å²) >= 11 is 0. The largest absolute Gasteiger partial charge is 0.349 e. The molecule has 190 valence electrons. The molecular formula is C31H40N4O. The van der Waals surface area contributed by atoms with E-state index in [2.05, 4.69) is 82.5 Å². The fourth-order valence-electron chi connectivity index (χ4n) is 5.69. The fraction of sp³-hybridized carbons (Fsp3) is 0.484. The lowest BCUT2D eigenvalue weighted by Gasteiger charge is -2.34. The number of hydrogen-bond donors (Lipinski definition) is 1. The number of carbonyl (C=O) groups excluding carboxylic acids is 1. The zero-order chi connectivity index (χ0) is 24.7. The van der Waals surface area contributed by atoms with Crippen LogP contribution in [0, 0.1) is 5.92 Å². The highest BCUT2D eigenvalue weighted by Crippen LogP contribution is 2.31. The third kappa shape index (κ3) is 6.07. The van der Waals surface area contributed by atoms with E-state index in [0.29, 0.717) is 5.92 Å². The molecule has 2 aliphatic rings. The van der Waals surface area contributed by atoms with Crippen molar-refractivity contribution in [2.24, 2.45) is 5.92 Å². The topological polar surface area (TPSA) is 50.2 Å². The zero-order valence-electron chi connectivity index (χ0n) is 21.6. The maximum atomic E-state index is 12.7. The Bertz CT molecular complexity index is 1100. The molecule has 0 spiro atoms. The van der Waals surface area contributed by atoms with Crippen molar-refractivity contribution >= 4 is 5.91 Å². The average Bonchev–Trinajstić information content (AvgIpc) is 3.29. The monoisotopic (exact) mass is 484 g/mol. The Morgan fingerprint density at radius 3 is 2.33 bits per heavy atom. The van der Waals surface area contributed by atoms with Crippen LogP contribution >= 0.6 is 0 Å². The Balaban J connectivity index is 1.16. The number of nitrogens with zero attached hydrogens (tertiary/aromatic N) is 3. The summed E-state index contributed by atoms with van der Waals surface area (Å²) in [6.45, 7) is 6.34. The highest BCUT2D eigenvalue weighted by Gasteiger charge is 2.28.